The van der Waals surface area contributed by atoms with Gasteiger partial charge in [-0.3, -0.25) is 4.90 Å². The van der Waals surface area contributed by atoms with E-state index in [1.807, 2.05) is 45.0 Å². The van der Waals surface area contributed by atoms with Crippen molar-refractivity contribution in [3.05, 3.63) is 40.9 Å². The quantitative estimate of drug-likeness (QED) is 0.734. The Kier molecular flexibility index (Phi) is 4.07. The number of hydrogen-bond acceptors (Lipinski definition) is 2. The Bertz CT molecular complexity index is 585. The maximum absolute atomic E-state index is 12.5. The third-order valence-electron chi connectivity index (χ3n) is 3.15. The molecule has 0 saturated heterocycles. The number of ether oxygens (including phenoxy) is 1. The molecule has 1 aromatic rings. The van der Waals surface area contributed by atoms with Crippen molar-refractivity contribution in [1.29, 1.82) is 0 Å². The van der Waals surface area contributed by atoms with E-state index >= 15 is 0 Å². The van der Waals surface area contributed by atoms with Crippen LogP contribution in [-0.4, -0.2) is 23.1 Å². The average molecular weight is 308 g/mol. The molecule has 0 radical (unpaired) electrons. The first-order valence-electron chi connectivity index (χ1n) is 7.07. The van der Waals surface area contributed by atoms with Gasteiger partial charge >= 0.3 is 6.09 Å². The van der Waals surface area contributed by atoms with E-state index in [9.17, 15) is 4.79 Å². The van der Waals surface area contributed by atoms with Gasteiger partial charge in [-0.2, -0.15) is 0 Å². The van der Waals surface area contributed by atoms with Crippen LogP contribution in [0.25, 0.3) is 5.70 Å². The van der Waals surface area contributed by atoms with Gasteiger partial charge in [0, 0.05) is 22.5 Å². The molecule has 114 valence electrons. The second kappa shape index (κ2) is 5.38. The molecular weight excluding hydrogens is 286 g/mol. The maximum atomic E-state index is 12.5. The first kappa shape index (κ1) is 15.9. The highest BCUT2D eigenvalue weighted by atomic mass is 35.5. The molecule has 2 rings (SSSR count). The second-order valence-corrected chi connectivity index (χ2v) is 7.47. The smallest absolute Gasteiger partial charge is 0.414 e. The van der Waals surface area contributed by atoms with Gasteiger partial charge in [0.2, 0.25) is 0 Å². The highest BCUT2D eigenvalue weighted by molar-refractivity contribution is 6.32. The SMILES string of the molecule is CC1(C)C=C(c2ccccc2Cl)N(C(=O)OC(C)(C)C)C1. The Morgan fingerprint density at radius 2 is 1.90 bits per heavy atom. The molecule has 3 nitrogen and oxygen atoms in total. The molecule has 0 fully saturated rings. The van der Waals surface area contributed by atoms with E-state index in [1.54, 1.807) is 4.90 Å². The lowest BCUT2D eigenvalue weighted by molar-refractivity contribution is 0.0340. The molecule has 4 heteroatoms. The van der Waals surface area contributed by atoms with Gasteiger partial charge < -0.3 is 4.74 Å². The maximum Gasteiger partial charge on any atom is 0.414 e. The molecule has 0 aliphatic carbocycles. The Morgan fingerprint density at radius 1 is 1.29 bits per heavy atom. The van der Waals surface area contributed by atoms with E-state index in [1.165, 1.54) is 0 Å². The molecule has 0 aromatic heterocycles. The minimum atomic E-state index is -0.518. The van der Waals surface area contributed by atoms with Crippen molar-refractivity contribution in [3.8, 4) is 0 Å². The number of halogens is 1. The summed E-state index contributed by atoms with van der Waals surface area (Å²) < 4.78 is 5.51. The van der Waals surface area contributed by atoms with Crippen LogP contribution in [0.3, 0.4) is 0 Å². The molecule has 1 aliphatic rings. The standard InChI is InChI=1S/C17H22ClNO2/c1-16(2,3)21-15(20)19-11-17(4,5)10-14(19)12-8-6-7-9-13(12)18/h6-10H,11H2,1-5H3. The van der Waals surface area contributed by atoms with Crippen molar-refractivity contribution in [2.75, 3.05) is 6.54 Å². The van der Waals surface area contributed by atoms with Crippen molar-refractivity contribution >= 4 is 23.4 Å². The summed E-state index contributed by atoms with van der Waals surface area (Å²) >= 11 is 6.28. The molecule has 1 amide bonds. The molecular formula is C17H22ClNO2. The number of nitrogens with zero attached hydrogens (tertiary/aromatic N) is 1. The molecule has 0 saturated carbocycles. The third-order valence-corrected chi connectivity index (χ3v) is 3.48. The number of carbonyl (C=O) groups is 1. The van der Waals surface area contributed by atoms with E-state index < -0.39 is 5.60 Å². The zero-order chi connectivity index (χ0) is 15.8. The fourth-order valence-corrected chi connectivity index (χ4v) is 2.59. The van der Waals surface area contributed by atoms with Gasteiger partial charge in [0.15, 0.2) is 0 Å². The summed E-state index contributed by atoms with van der Waals surface area (Å²) in [6, 6.07) is 7.55. The molecule has 0 atom stereocenters. The number of rotatable bonds is 1. The summed E-state index contributed by atoms with van der Waals surface area (Å²) in [7, 11) is 0. The topological polar surface area (TPSA) is 29.5 Å². The van der Waals surface area contributed by atoms with Crippen molar-refractivity contribution in [2.24, 2.45) is 5.41 Å². The van der Waals surface area contributed by atoms with Gasteiger partial charge in [-0.15, -0.1) is 0 Å². The number of amides is 1. The molecule has 0 unspecified atom stereocenters. The van der Waals surface area contributed by atoms with E-state index in [-0.39, 0.29) is 11.5 Å². The summed E-state index contributed by atoms with van der Waals surface area (Å²) in [5.41, 5.74) is 1.05. The summed E-state index contributed by atoms with van der Waals surface area (Å²) in [5.74, 6) is 0. The van der Waals surface area contributed by atoms with Gasteiger partial charge in [0.05, 0.1) is 5.70 Å². The summed E-state index contributed by atoms with van der Waals surface area (Å²) in [4.78, 5) is 14.1. The molecule has 1 heterocycles. The Balaban J connectivity index is 2.37. The van der Waals surface area contributed by atoms with Crippen molar-refractivity contribution in [3.63, 3.8) is 0 Å². The Hall–Kier alpha value is -1.48. The van der Waals surface area contributed by atoms with Crippen LogP contribution in [0.4, 0.5) is 4.79 Å². The molecule has 0 spiro atoms. The highest BCUT2D eigenvalue weighted by Gasteiger charge is 2.36. The normalized spacial score (nSPS) is 17.6. The monoisotopic (exact) mass is 307 g/mol. The van der Waals surface area contributed by atoms with Gasteiger partial charge in [-0.25, -0.2) is 4.79 Å². The molecule has 1 aliphatic heterocycles. The number of carbonyl (C=O) groups excluding carboxylic acids is 1. The summed E-state index contributed by atoms with van der Waals surface area (Å²) in [6.45, 7) is 10.4. The fourth-order valence-electron chi connectivity index (χ4n) is 2.36. The van der Waals surface area contributed by atoms with Crippen LogP contribution < -0.4 is 0 Å². The van der Waals surface area contributed by atoms with Crippen LogP contribution in [0, 0.1) is 5.41 Å². The van der Waals surface area contributed by atoms with Crippen LogP contribution in [0.1, 0.15) is 40.2 Å². The lowest BCUT2D eigenvalue weighted by atomic mass is 9.95. The van der Waals surface area contributed by atoms with Crippen LogP contribution in [0.15, 0.2) is 30.3 Å². The van der Waals surface area contributed by atoms with Crippen molar-refractivity contribution < 1.29 is 9.53 Å². The number of benzene rings is 1. The van der Waals surface area contributed by atoms with E-state index in [2.05, 4.69) is 19.9 Å². The zero-order valence-electron chi connectivity index (χ0n) is 13.2. The molecule has 21 heavy (non-hydrogen) atoms. The van der Waals surface area contributed by atoms with Gasteiger partial charge in [0.1, 0.15) is 5.60 Å². The zero-order valence-corrected chi connectivity index (χ0v) is 14.0. The molecule has 0 N–H and O–H groups in total. The van der Waals surface area contributed by atoms with Crippen LogP contribution in [0.5, 0.6) is 0 Å². The first-order valence-corrected chi connectivity index (χ1v) is 7.45. The minimum absolute atomic E-state index is 0.106. The molecule has 1 aromatic carbocycles. The van der Waals surface area contributed by atoms with Crippen LogP contribution in [0.2, 0.25) is 5.02 Å². The molecule has 0 bridgehead atoms. The van der Waals surface area contributed by atoms with Gasteiger partial charge in [-0.05, 0) is 26.8 Å². The number of hydrogen-bond donors (Lipinski definition) is 0. The predicted octanol–water partition coefficient (Wildman–Crippen LogP) is 4.96. The lowest BCUT2D eigenvalue weighted by Crippen LogP contribution is -2.36. The first-order chi connectivity index (χ1) is 9.59. The minimum Gasteiger partial charge on any atom is -0.443 e. The largest absolute Gasteiger partial charge is 0.443 e. The highest BCUT2D eigenvalue weighted by Crippen LogP contribution is 2.39. The third kappa shape index (κ3) is 3.79. The van der Waals surface area contributed by atoms with Crippen molar-refractivity contribution in [2.45, 2.75) is 40.2 Å². The van der Waals surface area contributed by atoms with Crippen LogP contribution in [-0.2, 0) is 4.74 Å². The summed E-state index contributed by atoms with van der Waals surface area (Å²) in [6.07, 6.45) is 1.75. The van der Waals surface area contributed by atoms with Crippen LogP contribution >= 0.6 is 11.6 Å². The lowest BCUT2D eigenvalue weighted by Gasteiger charge is -2.28. The fraction of sp³-hybridized carbons (Fsp3) is 0.471. The van der Waals surface area contributed by atoms with Crippen molar-refractivity contribution in [1.82, 2.24) is 4.90 Å². The average Bonchev–Trinajstić information content (AvgIpc) is 2.64. The second-order valence-electron chi connectivity index (χ2n) is 7.06. The Labute approximate surface area is 131 Å². The van der Waals surface area contributed by atoms with E-state index in [0.717, 1.165) is 11.3 Å². The van der Waals surface area contributed by atoms with E-state index in [4.69, 9.17) is 16.3 Å². The Morgan fingerprint density at radius 3 is 2.48 bits per heavy atom. The predicted molar refractivity (Wildman–Crippen MR) is 86.2 cm³/mol. The van der Waals surface area contributed by atoms with E-state index in [0.29, 0.717) is 11.6 Å². The van der Waals surface area contributed by atoms with Gasteiger partial charge in [-0.1, -0.05) is 49.7 Å². The summed E-state index contributed by atoms with van der Waals surface area (Å²) in [5, 5.41) is 0.634. The van der Waals surface area contributed by atoms with Gasteiger partial charge in [0.25, 0.3) is 0 Å².